The molecule has 2 aromatic heterocycles. The van der Waals surface area contributed by atoms with Gasteiger partial charge in [0.25, 0.3) is 0 Å². The number of halogens is 4. The van der Waals surface area contributed by atoms with Gasteiger partial charge in [0.2, 0.25) is 0 Å². The number of alkyl halides is 3. The lowest BCUT2D eigenvalue weighted by atomic mass is 9.99. The maximum atomic E-state index is 12.6. The van der Waals surface area contributed by atoms with E-state index in [0.717, 1.165) is 43.3 Å². The average Bonchev–Trinajstić information content (AvgIpc) is 2.86. The molecule has 1 aliphatic rings. The molecule has 1 aliphatic heterocycles. The van der Waals surface area contributed by atoms with Crippen molar-refractivity contribution in [3.05, 3.63) is 34.5 Å². The maximum absolute atomic E-state index is 12.6. The molecule has 3 heterocycles. The van der Waals surface area contributed by atoms with Gasteiger partial charge in [-0.3, -0.25) is 0 Å². The van der Waals surface area contributed by atoms with E-state index in [1.807, 2.05) is 6.92 Å². The summed E-state index contributed by atoms with van der Waals surface area (Å²) in [5.74, 6) is 2.43. The van der Waals surface area contributed by atoms with Crippen LogP contribution in [0.1, 0.15) is 23.6 Å². The molecule has 5 nitrogen and oxygen atoms in total. The molecule has 1 N–H and O–H groups in total. The first-order chi connectivity index (χ1) is 10.8. The molecule has 0 spiro atoms. The molecule has 1 unspecified atom stereocenters. The molecule has 0 bridgehead atoms. The number of hydrogen-bond acceptors (Lipinski definition) is 4. The Balaban J connectivity index is 1.64. The Kier molecular flexibility index (Phi) is 4.18. The van der Waals surface area contributed by atoms with Gasteiger partial charge in [-0.25, -0.2) is 4.98 Å². The third-order valence-electron chi connectivity index (χ3n) is 3.96. The Labute approximate surface area is 135 Å². The normalized spacial score (nSPS) is 17.9. The molecule has 0 radical (unpaired) electrons. The molecule has 0 fully saturated rings. The van der Waals surface area contributed by atoms with Crippen LogP contribution >= 0.6 is 11.6 Å². The lowest BCUT2D eigenvalue weighted by Gasteiger charge is -2.24. The third kappa shape index (κ3) is 3.41. The largest absolute Gasteiger partial charge is 0.417 e. The van der Waals surface area contributed by atoms with Gasteiger partial charge in [-0.2, -0.15) is 13.2 Å². The highest BCUT2D eigenvalue weighted by atomic mass is 35.5. The highest BCUT2D eigenvalue weighted by Crippen LogP contribution is 2.32. The summed E-state index contributed by atoms with van der Waals surface area (Å²) >= 11 is 5.89. The van der Waals surface area contributed by atoms with Gasteiger partial charge in [0.05, 0.1) is 10.6 Å². The first-order valence-corrected chi connectivity index (χ1v) is 7.57. The maximum Gasteiger partial charge on any atom is 0.417 e. The van der Waals surface area contributed by atoms with Gasteiger partial charge in [0, 0.05) is 25.7 Å². The van der Waals surface area contributed by atoms with Gasteiger partial charge in [0.15, 0.2) is 0 Å². The van der Waals surface area contributed by atoms with Crippen LogP contribution in [0.15, 0.2) is 12.3 Å². The van der Waals surface area contributed by atoms with Gasteiger partial charge >= 0.3 is 6.18 Å². The number of pyridine rings is 1. The molecule has 0 aliphatic carbocycles. The summed E-state index contributed by atoms with van der Waals surface area (Å²) in [6, 6.07) is 0.889. The highest BCUT2D eigenvalue weighted by molar-refractivity contribution is 6.32. The van der Waals surface area contributed by atoms with Crippen molar-refractivity contribution >= 4 is 17.4 Å². The van der Waals surface area contributed by atoms with Crippen LogP contribution in [-0.4, -0.2) is 26.3 Å². The fourth-order valence-corrected chi connectivity index (χ4v) is 2.89. The van der Waals surface area contributed by atoms with Gasteiger partial charge in [-0.05, 0) is 25.3 Å². The molecule has 0 amide bonds. The Hall–Kier alpha value is -1.83. The number of nitrogens with zero attached hydrogens (tertiary/aromatic N) is 4. The van der Waals surface area contributed by atoms with Gasteiger partial charge in [-0.1, -0.05) is 11.6 Å². The van der Waals surface area contributed by atoms with E-state index in [2.05, 4.69) is 25.1 Å². The van der Waals surface area contributed by atoms with Crippen molar-refractivity contribution in [2.45, 2.75) is 32.5 Å². The molecule has 0 aromatic carbocycles. The second-order valence-corrected chi connectivity index (χ2v) is 6.02. The first kappa shape index (κ1) is 16.0. The van der Waals surface area contributed by atoms with E-state index in [0.29, 0.717) is 12.5 Å². The molecule has 1 atom stereocenters. The van der Waals surface area contributed by atoms with Crippen molar-refractivity contribution in [3.8, 4) is 0 Å². The summed E-state index contributed by atoms with van der Waals surface area (Å²) in [6.07, 6.45) is -1.89. The fourth-order valence-electron chi connectivity index (χ4n) is 2.66. The summed E-state index contributed by atoms with van der Waals surface area (Å²) < 4.78 is 39.8. The second kappa shape index (κ2) is 5.99. The van der Waals surface area contributed by atoms with Crippen molar-refractivity contribution in [2.75, 3.05) is 11.9 Å². The van der Waals surface area contributed by atoms with Gasteiger partial charge in [-0.15, -0.1) is 10.2 Å². The molecule has 124 valence electrons. The van der Waals surface area contributed by atoms with Crippen LogP contribution in [-0.2, 0) is 19.1 Å². The lowest BCUT2D eigenvalue weighted by Crippen LogP contribution is -2.27. The van der Waals surface area contributed by atoms with Gasteiger partial charge in [0.1, 0.15) is 17.5 Å². The Morgan fingerprint density at radius 3 is 2.87 bits per heavy atom. The van der Waals surface area contributed by atoms with E-state index in [4.69, 9.17) is 11.6 Å². The van der Waals surface area contributed by atoms with E-state index in [-0.39, 0.29) is 10.8 Å². The zero-order valence-corrected chi connectivity index (χ0v) is 13.1. The summed E-state index contributed by atoms with van der Waals surface area (Å²) in [7, 11) is 0. The van der Waals surface area contributed by atoms with Crippen molar-refractivity contribution in [1.82, 2.24) is 19.7 Å². The lowest BCUT2D eigenvalue weighted by molar-refractivity contribution is -0.137. The predicted octanol–water partition coefficient (Wildman–Crippen LogP) is 3.33. The number of nitrogens with one attached hydrogen (secondary N) is 1. The van der Waals surface area contributed by atoms with Crippen molar-refractivity contribution in [2.24, 2.45) is 5.92 Å². The molecule has 2 aromatic rings. The smallest absolute Gasteiger partial charge is 0.368 e. The number of hydrogen-bond donors (Lipinski definition) is 1. The number of aromatic nitrogens is 4. The monoisotopic (exact) mass is 345 g/mol. The highest BCUT2D eigenvalue weighted by Gasteiger charge is 2.31. The average molecular weight is 346 g/mol. The second-order valence-electron chi connectivity index (χ2n) is 5.61. The minimum absolute atomic E-state index is 0.0307. The zero-order valence-electron chi connectivity index (χ0n) is 12.4. The van der Waals surface area contributed by atoms with Crippen LogP contribution in [0.25, 0.3) is 0 Å². The van der Waals surface area contributed by atoms with Crippen LogP contribution in [0.5, 0.6) is 0 Å². The molecular weight excluding hydrogens is 331 g/mol. The minimum atomic E-state index is -4.44. The fraction of sp³-hybridized carbons (Fsp3) is 0.500. The third-order valence-corrected chi connectivity index (χ3v) is 4.24. The van der Waals surface area contributed by atoms with E-state index < -0.39 is 11.7 Å². The summed E-state index contributed by atoms with van der Waals surface area (Å²) in [6.45, 7) is 3.26. The van der Waals surface area contributed by atoms with Crippen LogP contribution in [0, 0.1) is 12.8 Å². The molecule has 0 saturated carbocycles. The zero-order chi connectivity index (χ0) is 16.6. The summed E-state index contributed by atoms with van der Waals surface area (Å²) in [5, 5.41) is 11.2. The number of rotatable bonds is 3. The van der Waals surface area contributed by atoms with E-state index >= 15 is 0 Å². The standard InChI is InChI=1S/C14H15ClF3N5/c1-8-21-22-12-3-2-9(7-23(8)12)5-19-13-11(15)4-10(6-20-13)14(16,17)18/h4,6,9H,2-3,5,7H2,1H3,(H,19,20). The Bertz CT molecular complexity index is 713. The van der Waals surface area contributed by atoms with Crippen LogP contribution < -0.4 is 5.32 Å². The first-order valence-electron chi connectivity index (χ1n) is 7.20. The molecular formula is C14H15ClF3N5. The number of fused-ring (bicyclic) bond motifs is 1. The SMILES string of the molecule is Cc1nnc2n1CC(CNc1ncc(C(F)(F)F)cc1Cl)CC2. The topological polar surface area (TPSA) is 55.6 Å². The number of anilines is 1. The van der Waals surface area contributed by atoms with E-state index in [1.54, 1.807) is 0 Å². The van der Waals surface area contributed by atoms with E-state index in [9.17, 15) is 13.2 Å². The molecule has 0 saturated heterocycles. The quantitative estimate of drug-likeness (QED) is 0.927. The molecule has 23 heavy (non-hydrogen) atoms. The molecule has 9 heteroatoms. The van der Waals surface area contributed by atoms with Crippen LogP contribution in [0.4, 0.5) is 19.0 Å². The van der Waals surface area contributed by atoms with Crippen molar-refractivity contribution in [3.63, 3.8) is 0 Å². The number of aryl methyl sites for hydroxylation is 2. The van der Waals surface area contributed by atoms with Gasteiger partial charge < -0.3 is 9.88 Å². The van der Waals surface area contributed by atoms with Crippen molar-refractivity contribution < 1.29 is 13.2 Å². The van der Waals surface area contributed by atoms with Crippen LogP contribution in [0.3, 0.4) is 0 Å². The van der Waals surface area contributed by atoms with Crippen LogP contribution in [0.2, 0.25) is 5.02 Å². The Morgan fingerprint density at radius 1 is 1.39 bits per heavy atom. The van der Waals surface area contributed by atoms with Crippen molar-refractivity contribution in [1.29, 1.82) is 0 Å². The summed E-state index contributed by atoms with van der Waals surface area (Å²) in [4.78, 5) is 3.79. The molecule has 3 rings (SSSR count). The summed E-state index contributed by atoms with van der Waals surface area (Å²) in [5.41, 5.74) is -0.851. The Morgan fingerprint density at radius 2 is 2.17 bits per heavy atom. The minimum Gasteiger partial charge on any atom is -0.368 e. The predicted molar refractivity (Wildman–Crippen MR) is 79.3 cm³/mol. The van der Waals surface area contributed by atoms with E-state index in [1.165, 1.54) is 0 Å².